The lowest BCUT2D eigenvalue weighted by Crippen LogP contribution is -2.38. The summed E-state index contributed by atoms with van der Waals surface area (Å²) in [5.41, 5.74) is 6.21. The van der Waals surface area contributed by atoms with Gasteiger partial charge in [-0.05, 0) is 6.07 Å². The zero-order valence-electron chi connectivity index (χ0n) is 6.56. The molecule has 0 aliphatic carbocycles. The topological polar surface area (TPSA) is 57.4 Å². The molecule has 0 bridgehead atoms. The van der Waals surface area contributed by atoms with E-state index in [0.29, 0.717) is 24.8 Å². The fourth-order valence-electron chi connectivity index (χ4n) is 0.942. The van der Waals surface area contributed by atoms with E-state index < -0.39 is 0 Å². The fourth-order valence-corrected chi connectivity index (χ4v) is 0.942. The van der Waals surface area contributed by atoms with Crippen LogP contribution in [0.2, 0.25) is 0 Å². The first-order valence-electron chi connectivity index (χ1n) is 3.80. The summed E-state index contributed by atoms with van der Waals surface area (Å²) in [6.45, 7) is 1.30. The molecule has 0 radical (unpaired) electrons. The zero-order chi connectivity index (χ0) is 8.39. The van der Waals surface area contributed by atoms with Crippen molar-refractivity contribution in [3.05, 3.63) is 18.3 Å². The van der Waals surface area contributed by atoms with Crippen LogP contribution in [0.5, 0.6) is 5.88 Å². The summed E-state index contributed by atoms with van der Waals surface area (Å²) in [4.78, 5) is 4.00. The highest BCUT2D eigenvalue weighted by Gasteiger charge is 2.20. The second-order valence-corrected chi connectivity index (χ2v) is 2.70. The van der Waals surface area contributed by atoms with Crippen LogP contribution in [0.15, 0.2) is 18.3 Å². The molecule has 1 aliphatic rings. The van der Waals surface area contributed by atoms with Crippen molar-refractivity contribution in [2.75, 3.05) is 18.9 Å². The average Bonchev–Trinajstić information content (AvgIpc) is 1.97. The van der Waals surface area contributed by atoms with E-state index in [-0.39, 0.29) is 6.10 Å². The molecule has 0 unspecified atom stereocenters. The van der Waals surface area contributed by atoms with Gasteiger partial charge in [0.15, 0.2) is 0 Å². The van der Waals surface area contributed by atoms with Crippen molar-refractivity contribution in [1.29, 1.82) is 0 Å². The Kier molecular flexibility index (Phi) is 1.83. The predicted octanol–water partition coefficient (Wildman–Crippen LogP) is 0.441. The lowest BCUT2D eigenvalue weighted by atomic mass is 10.3. The Morgan fingerprint density at radius 1 is 1.58 bits per heavy atom. The minimum atomic E-state index is 0.152. The largest absolute Gasteiger partial charge is 0.469 e. The predicted molar refractivity (Wildman–Crippen MR) is 43.9 cm³/mol. The van der Waals surface area contributed by atoms with Crippen molar-refractivity contribution in [1.82, 2.24) is 4.98 Å². The number of hydrogen-bond acceptors (Lipinski definition) is 4. The standard InChI is InChI=1S/C8H10N2O2/c9-6-1-2-10-8(3-6)12-7-4-11-5-7/h1-3,7H,4-5H2,(H2,9,10). The molecule has 1 fully saturated rings. The molecule has 0 amide bonds. The van der Waals surface area contributed by atoms with E-state index in [4.69, 9.17) is 15.2 Å². The highest BCUT2D eigenvalue weighted by atomic mass is 16.6. The number of anilines is 1. The van der Waals surface area contributed by atoms with Gasteiger partial charge in [0.2, 0.25) is 5.88 Å². The summed E-state index contributed by atoms with van der Waals surface area (Å²) < 4.78 is 10.4. The molecule has 0 atom stereocenters. The SMILES string of the molecule is Nc1ccnc(OC2COC2)c1. The lowest BCUT2D eigenvalue weighted by Gasteiger charge is -2.25. The van der Waals surface area contributed by atoms with Gasteiger partial charge in [0.05, 0.1) is 13.2 Å². The van der Waals surface area contributed by atoms with Crippen molar-refractivity contribution in [2.45, 2.75) is 6.10 Å². The Morgan fingerprint density at radius 3 is 3.00 bits per heavy atom. The molecule has 4 nitrogen and oxygen atoms in total. The summed E-state index contributed by atoms with van der Waals surface area (Å²) in [7, 11) is 0. The Morgan fingerprint density at radius 2 is 2.42 bits per heavy atom. The van der Waals surface area contributed by atoms with Crippen molar-refractivity contribution in [2.24, 2.45) is 0 Å². The number of hydrogen-bond donors (Lipinski definition) is 1. The molecule has 1 aromatic heterocycles. The molecule has 12 heavy (non-hydrogen) atoms. The molecule has 64 valence electrons. The summed E-state index contributed by atoms with van der Waals surface area (Å²) in [5, 5.41) is 0. The van der Waals surface area contributed by atoms with Crippen LogP contribution in [0.4, 0.5) is 5.69 Å². The Balaban J connectivity index is 2.02. The van der Waals surface area contributed by atoms with Crippen molar-refractivity contribution >= 4 is 5.69 Å². The van der Waals surface area contributed by atoms with Gasteiger partial charge in [0, 0.05) is 18.0 Å². The molecule has 4 heteroatoms. The summed E-state index contributed by atoms with van der Waals surface area (Å²) in [6, 6.07) is 3.43. The minimum absolute atomic E-state index is 0.152. The first-order chi connectivity index (χ1) is 5.84. The van der Waals surface area contributed by atoms with Gasteiger partial charge in [-0.1, -0.05) is 0 Å². The van der Waals surface area contributed by atoms with E-state index >= 15 is 0 Å². The molecule has 1 saturated heterocycles. The van der Waals surface area contributed by atoms with Gasteiger partial charge in [-0.25, -0.2) is 4.98 Å². The van der Waals surface area contributed by atoms with Gasteiger partial charge in [0.1, 0.15) is 6.10 Å². The lowest BCUT2D eigenvalue weighted by molar-refractivity contribution is -0.0813. The molecular formula is C8H10N2O2. The van der Waals surface area contributed by atoms with Gasteiger partial charge >= 0.3 is 0 Å². The summed E-state index contributed by atoms with van der Waals surface area (Å²) >= 11 is 0. The molecule has 0 spiro atoms. The number of aromatic nitrogens is 1. The molecule has 2 heterocycles. The highest BCUT2D eigenvalue weighted by Crippen LogP contribution is 2.15. The Hall–Kier alpha value is -1.29. The minimum Gasteiger partial charge on any atom is -0.469 e. The molecule has 1 aliphatic heterocycles. The number of pyridine rings is 1. The Bertz CT molecular complexity index is 274. The van der Waals surface area contributed by atoms with E-state index in [2.05, 4.69) is 4.98 Å². The van der Waals surface area contributed by atoms with Gasteiger partial charge in [-0.2, -0.15) is 0 Å². The maximum atomic E-state index is 5.54. The van der Waals surface area contributed by atoms with Crippen LogP contribution in [-0.2, 0) is 4.74 Å². The fraction of sp³-hybridized carbons (Fsp3) is 0.375. The van der Waals surface area contributed by atoms with E-state index in [0.717, 1.165) is 0 Å². The van der Waals surface area contributed by atoms with Gasteiger partial charge in [-0.15, -0.1) is 0 Å². The number of nitrogens with zero attached hydrogens (tertiary/aromatic N) is 1. The molecular weight excluding hydrogens is 156 g/mol. The average molecular weight is 166 g/mol. The molecule has 2 rings (SSSR count). The number of ether oxygens (including phenoxy) is 2. The normalized spacial score (nSPS) is 17.0. The van der Waals surface area contributed by atoms with Crippen LogP contribution in [0.3, 0.4) is 0 Å². The summed E-state index contributed by atoms with van der Waals surface area (Å²) in [6.07, 6.45) is 1.78. The number of rotatable bonds is 2. The van der Waals surface area contributed by atoms with Crippen molar-refractivity contribution in [3.63, 3.8) is 0 Å². The second-order valence-electron chi connectivity index (χ2n) is 2.70. The van der Waals surface area contributed by atoms with E-state index in [1.54, 1.807) is 18.3 Å². The van der Waals surface area contributed by atoms with Crippen molar-refractivity contribution < 1.29 is 9.47 Å². The first-order valence-corrected chi connectivity index (χ1v) is 3.80. The van der Waals surface area contributed by atoms with Crippen LogP contribution in [-0.4, -0.2) is 24.3 Å². The van der Waals surface area contributed by atoms with E-state index in [1.807, 2.05) is 0 Å². The van der Waals surface area contributed by atoms with Gasteiger partial charge in [0.25, 0.3) is 0 Å². The third-order valence-corrected chi connectivity index (χ3v) is 1.65. The van der Waals surface area contributed by atoms with Crippen molar-refractivity contribution in [3.8, 4) is 5.88 Å². The second kappa shape index (κ2) is 2.98. The summed E-state index contributed by atoms with van der Waals surface area (Å²) in [5.74, 6) is 0.573. The van der Waals surface area contributed by atoms with Crippen LogP contribution < -0.4 is 10.5 Å². The van der Waals surface area contributed by atoms with Crippen LogP contribution in [0, 0.1) is 0 Å². The molecule has 0 saturated carbocycles. The first kappa shape index (κ1) is 7.36. The zero-order valence-corrected chi connectivity index (χ0v) is 6.56. The number of nitrogen functional groups attached to an aromatic ring is 1. The highest BCUT2D eigenvalue weighted by molar-refractivity contribution is 5.39. The van der Waals surface area contributed by atoms with Crippen LogP contribution in [0.25, 0.3) is 0 Å². The van der Waals surface area contributed by atoms with E-state index in [9.17, 15) is 0 Å². The molecule has 2 N–H and O–H groups in total. The third kappa shape index (κ3) is 1.48. The van der Waals surface area contributed by atoms with Gasteiger partial charge in [-0.3, -0.25) is 0 Å². The third-order valence-electron chi connectivity index (χ3n) is 1.65. The smallest absolute Gasteiger partial charge is 0.215 e. The van der Waals surface area contributed by atoms with Crippen LogP contribution in [0.1, 0.15) is 0 Å². The van der Waals surface area contributed by atoms with E-state index in [1.165, 1.54) is 0 Å². The molecule has 0 aromatic carbocycles. The maximum absolute atomic E-state index is 5.54. The number of nitrogens with two attached hydrogens (primary N) is 1. The van der Waals surface area contributed by atoms with Gasteiger partial charge < -0.3 is 15.2 Å². The Labute approximate surface area is 70.3 Å². The van der Waals surface area contributed by atoms with Crippen LogP contribution >= 0.6 is 0 Å². The maximum Gasteiger partial charge on any atom is 0.215 e. The molecule has 1 aromatic rings. The monoisotopic (exact) mass is 166 g/mol. The quantitative estimate of drug-likeness (QED) is 0.692.